The van der Waals surface area contributed by atoms with Gasteiger partial charge in [-0.25, -0.2) is 23.7 Å². The molecule has 2 N–H and O–H groups in total. The van der Waals surface area contributed by atoms with Crippen LogP contribution in [0.1, 0.15) is 23.7 Å². The van der Waals surface area contributed by atoms with Crippen LogP contribution in [0.4, 0.5) is 8.78 Å². The molecule has 11 heteroatoms. The first kappa shape index (κ1) is 22.5. The highest BCUT2D eigenvalue weighted by Crippen LogP contribution is 2.30. The number of nitrogens with zero attached hydrogens (tertiary/aromatic N) is 4. The third-order valence-electron chi connectivity index (χ3n) is 4.90. The summed E-state index contributed by atoms with van der Waals surface area (Å²) in [7, 11) is 0. The number of carbonyl (C=O) groups excluding carboxylic acids is 1. The fourth-order valence-electron chi connectivity index (χ4n) is 3.27. The van der Waals surface area contributed by atoms with E-state index in [0.717, 1.165) is 6.20 Å². The smallest absolute Gasteiger partial charge is 0.262 e. The largest absolute Gasteiger partial charge is 0.488 e. The van der Waals surface area contributed by atoms with Gasteiger partial charge in [-0.1, -0.05) is 0 Å². The van der Waals surface area contributed by atoms with Crippen LogP contribution in [0.25, 0.3) is 11.4 Å². The van der Waals surface area contributed by atoms with E-state index in [2.05, 4.69) is 30.6 Å². The van der Waals surface area contributed by atoms with Crippen molar-refractivity contribution in [1.29, 1.82) is 0 Å². The van der Waals surface area contributed by atoms with Gasteiger partial charge in [-0.3, -0.25) is 9.78 Å². The van der Waals surface area contributed by atoms with Crippen LogP contribution in [0.3, 0.4) is 0 Å². The zero-order chi connectivity index (χ0) is 23.2. The Kier molecular flexibility index (Phi) is 6.98. The molecular weight excluding hydrogens is 434 g/mol. The Hall–Kier alpha value is -3.73. The number of amides is 1. The first-order chi connectivity index (χ1) is 16.0. The molecule has 1 aliphatic heterocycles. The van der Waals surface area contributed by atoms with Gasteiger partial charge in [0.05, 0.1) is 30.6 Å². The number of nitrogens with one attached hydrogen (secondary N) is 2. The summed E-state index contributed by atoms with van der Waals surface area (Å²) in [6, 6.07) is 2.22. The highest BCUT2D eigenvalue weighted by molar-refractivity contribution is 5.94. The van der Waals surface area contributed by atoms with E-state index in [1.807, 2.05) is 0 Å². The van der Waals surface area contributed by atoms with E-state index in [0.29, 0.717) is 43.3 Å². The number of halogens is 2. The second kappa shape index (κ2) is 10.3. The molecule has 33 heavy (non-hydrogen) atoms. The van der Waals surface area contributed by atoms with E-state index in [1.165, 1.54) is 30.9 Å². The van der Waals surface area contributed by atoms with Crippen LogP contribution in [0.2, 0.25) is 0 Å². The molecule has 0 spiro atoms. The Morgan fingerprint density at radius 2 is 2.00 bits per heavy atom. The number of hydrogen-bond acceptors (Lipinski definition) is 8. The minimum absolute atomic E-state index is 0.0912. The molecule has 1 saturated heterocycles. The topological polar surface area (TPSA) is 111 Å². The molecular formula is C22H22F2N6O3. The second-order valence-electron chi connectivity index (χ2n) is 7.29. The van der Waals surface area contributed by atoms with Crippen molar-refractivity contribution in [2.24, 2.45) is 0 Å². The van der Waals surface area contributed by atoms with Gasteiger partial charge in [0.25, 0.3) is 11.8 Å². The highest BCUT2D eigenvalue weighted by Gasteiger charge is 2.26. The summed E-state index contributed by atoms with van der Waals surface area (Å²) in [5, 5.41) is 5.72. The van der Waals surface area contributed by atoms with Crippen molar-refractivity contribution in [3.63, 3.8) is 0 Å². The van der Waals surface area contributed by atoms with Gasteiger partial charge in [-0.05, 0) is 26.0 Å². The fourth-order valence-corrected chi connectivity index (χ4v) is 3.27. The van der Waals surface area contributed by atoms with Crippen molar-refractivity contribution in [2.75, 3.05) is 19.7 Å². The van der Waals surface area contributed by atoms with Crippen LogP contribution < -0.4 is 20.1 Å². The van der Waals surface area contributed by atoms with Crippen molar-refractivity contribution in [3.8, 4) is 28.8 Å². The van der Waals surface area contributed by atoms with Crippen LogP contribution in [0.15, 0.2) is 43.1 Å². The Morgan fingerprint density at radius 1 is 1.18 bits per heavy atom. The summed E-state index contributed by atoms with van der Waals surface area (Å²) in [5.41, 5.74) is 0.744. The van der Waals surface area contributed by atoms with Gasteiger partial charge in [0.15, 0.2) is 11.6 Å². The third-order valence-corrected chi connectivity index (χ3v) is 4.90. The average Bonchev–Trinajstić information content (AvgIpc) is 2.83. The number of ether oxygens (including phenoxy) is 2. The molecule has 2 atom stereocenters. The summed E-state index contributed by atoms with van der Waals surface area (Å²) in [4.78, 5) is 28.9. The maximum absolute atomic E-state index is 14.0. The van der Waals surface area contributed by atoms with Crippen molar-refractivity contribution in [3.05, 3.63) is 54.5 Å². The number of pyridine rings is 2. The summed E-state index contributed by atoms with van der Waals surface area (Å²) in [6.45, 7) is 3.04. The fraction of sp³-hybridized carbons (Fsp3) is 0.318. The van der Waals surface area contributed by atoms with E-state index in [-0.39, 0.29) is 17.2 Å². The van der Waals surface area contributed by atoms with Gasteiger partial charge < -0.3 is 20.1 Å². The zero-order valence-corrected chi connectivity index (χ0v) is 17.8. The Bertz CT molecular complexity index is 1120. The predicted molar refractivity (Wildman–Crippen MR) is 114 cm³/mol. The number of hydrogen-bond donors (Lipinski definition) is 2. The van der Waals surface area contributed by atoms with Crippen molar-refractivity contribution in [1.82, 2.24) is 30.6 Å². The maximum Gasteiger partial charge on any atom is 0.262 e. The first-order valence-corrected chi connectivity index (χ1v) is 10.4. The molecule has 4 heterocycles. The summed E-state index contributed by atoms with van der Waals surface area (Å²) >= 11 is 0. The Morgan fingerprint density at radius 3 is 2.76 bits per heavy atom. The zero-order valence-electron chi connectivity index (χ0n) is 17.8. The van der Waals surface area contributed by atoms with E-state index >= 15 is 0 Å². The molecule has 1 aliphatic rings. The standard InChI is InChI=1S/C22H22F2N6O3/c1-2-32-19-6-15(23)10-29-22(19)33-16-5-13(7-26-11-16)20-27-8-14(9-28-20)21(31)30-18-12-25-4-3-17(18)24/h5-11,17-18,25H,2-4,12H2,1H3,(H,30,31)/t17-,18-/m1/s1. The number of rotatable bonds is 7. The number of piperidine rings is 1. The molecule has 1 amide bonds. The van der Waals surface area contributed by atoms with Crippen LogP contribution >= 0.6 is 0 Å². The molecule has 172 valence electrons. The Balaban J connectivity index is 1.47. The number of alkyl halides is 1. The monoisotopic (exact) mass is 456 g/mol. The lowest BCUT2D eigenvalue weighted by molar-refractivity contribution is 0.0892. The summed E-state index contributed by atoms with van der Waals surface area (Å²) < 4.78 is 38.5. The molecule has 0 unspecified atom stereocenters. The molecule has 3 aromatic heterocycles. The lowest BCUT2D eigenvalue weighted by atomic mass is 10.1. The van der Waals surface area contributed by atoms with Gasteiger partial charge in [0.1, 0.15) is 17.7 Å². The molecule has 9 nitrogen and oxygen atoms in total. The van der Waals surface area contributed by atoms with E-state index in [9.17, 15) is 13.6 Å². The van der Waals surface area contributed by atoms with Gasteiger partial charge in [-0.15, -0.1) is 0 Å². The quantitative estimate of drug-likeness (QED) is 0.558. The SMILES string of the molecule is CCOc1cc(F)cnc1Oc1cncc(-c2ncc(C(=O)N[C@@H]3CNCC[C@H]3F)cn2)c1. The van der Waals surface area contributed by atoms with E-state index < -0.39 is 23.9 Å². The molecule has 0 saturated carbocycles. The highest BCUT2D eigenvalue weighted by atomic mass is 19.1. The van der Waals surface area contributed by atoms with Crippen molar-refractivity contribution in [2.45, 2.75) is 25.6 Å². The van der Waals surface area contributed by atoms with Crippen molar-refractivity contribution >= 4 is 5.91 Å². The molecule has 4 rings (SSSR count). The van der Waals surface area contributed by atoms with Crippen LogP contribution in [0, 0.1) is 5.82 Å². The maximum atomic E-state index is 14.0. The number of carbonyl (C=O) groups is 1. The average molecular weight is 456 g/mol. The van der Waals surface area contributed by atoms with E-state index in [4.69, 9.17) is 9.47 Å². The molecule has 0 radical (unpaired) electrons. The van der Waals surface area contributed by atoms with Crippen LogP contribution in [-0.2, 0) is 0 Å². The normalized spacial score (nSPS) is 17.9. The second-order valence-corrected chi connectivity index (χ2v) is 7.29. The van der Waals surface area contributed by atoms with Gasteiger partial charge in [0, 0.05) is 36.8 Å². The van der Waals surface area contributed by atoms with Gasteiger partial charge >= 0.3 is 0 Å². The molecule has 0 bridgehead atoms. The van der Waals surface area contributed by atoms with E-state index in [1.54, 1.807) is 13.0 Å². The first-order valence-electron chi connectivity index (χ1n) is 10.4. The Labute approximate surface area is 188 Å². The van der Waals surface area contributed by atoms with Gasteiger partial charge in [-0.2, -0.15) is 0 Å². The molecule has 1 fully saturated rings. The number of aromatic nitrogens is 4. The molecule has 0 aromatic carbocycles. The van der Waals surface area contributed by atoms with Crippen LogP contribution in [0.5, 0.6) is 17.4 Å². The third kappa shape index (κ3) is 5.55. The van der Waals surface area contributed by atoms with Crippen molar-refractivity contribution < 1.29 is 23.0 Å². The summed E-state index contributed by atoms with van der Waals surface area (Å²) in [6.07, 6.45) is 6.00. The minimum Gasteiger partial charge on any atom is -0.488 e. The predicted octanol–water partition coefficient (Wildman–Crippen LogP) is 2.69. The van der Waals surface area contributed by atoms with Crippen LogP contribution in [-0.4, -0.2) is 57.8 Å². The van der Waals surface area contributed by atoms with Gasteiger partial charge in [0.2, 0.25) is 0 Å². The lowest BCUT2D eigenvalue weighted by Crippen LogP contribution is -2.52. The molecule has 0 aliphatic carbocycles. The lowest BCUT2D eigenvalue weighted by Gasteiger charge is -2.27. The molecule has 3 aromatic rings. The summed E-state index contributed by atoms with van der Waals surface area (Å²) in [5.74, 6) is -0.108. The minimum atomic E-state index is -1.09.